The summed E-state index contributed by atoms with van der Waals surface area (Å²) in [6, 6.07) is 6.72. The largest absolute Gasteiger partial charge is 0.324 e. The zero-order chi connectivity index (χ0) is 10.8. The summed E-state index contributed by atoms with van der Waals surface area (Å²) >= 11 is 0. The molecule has 0 heterocycles. The van der Waals surface area contributed by atoms with E-state index in [0.717, 1.165) is 12.0 Å². The quantitative estimate of drug-likeness (QED) is 0.827. The number of benzene rings is 1. The number of rotatable bonds is 3. The van der Waals surface area contributed by atoms with Crippen molar-refractivity contribution in [3.05, 3.63) is 29.8 Å². The highest BCUT2D eigenvalue weighted by molar-refractivity contribution is 7.90. The summed E-state index contributed by atoms with van der Waals surface area (Å²) in [5, 5.41) is 0. The molecule has 0 aliphatic heterocycles. The molecule has 1 atom stereocenters. The molecule has 0 saturated carbocycles. The van der Waals surface area contributed by atoms with Gasteiger partial charge in [0.2, 0.25) is 0 Å². The van der Waals surface area contributed by atoms with Gasteiger partial charge in [-0.3, -0.25) is 0 Å². The van der Waals surface area contributed by atoms with Crippen LogP contribution in [0.25, 0.3) is 0 Å². The second-order valence-corrected chi connectivity index (χ2v) is 5.37. The smallest absolute Gasteiger partial charge is 0.175 e. The van der Waals surface area contributed by atoms with Crippen molar-refractivity contribution in [1.82, 2.24) is 0 Å². The third kappa shape index (κ3) is 2.56. The van der Waals surface area contributed by atoms with Gasteiger partial charge in [0.05, 0.1) is 4.90 Å². The summed E-state index contributed by atoms with van der Waals surface area (Å²) in [6.07, 6.45) is 2.04. The summed E-state index contributed by atoms with van der Waals surface area (Å²) in [7, 11) is -3.09. The predicted molar refractivity (Wildman–Crippen MR) is 56.8 cm³/mol. The van der Waals surface area contributed by atoms with E-state index in [9.17, 15) is 8.42 Å². The Balaban J connectivity index is 3.01. The monoisotopic (exact) mass is 213 g/mol. The van der Waals surface area contributed by atoms with Crippen molar-refractivity contribution in [1.29, 1.82) is 0 Å². The van der Waals surface area contributed by atoms with Gasteiger partial charge in [-0.25, -0.2) is 8.42 Å². The fourth-order valence-corrected chi connectivity index (χ4v) is 1.83. The molecule has 0 aromatic heterocycles. The highest BCUT2D eigenvalue weighted by Gasteiger charge is 2.08. The highest BCUT2D eigenvalue weighted by atomic mass is 32.2. The second kappa shape index (κ2) is 4.11. The van der Waals surface area contributed by atoms with Gasteiger partial charge < -0.3 is 5.73 Å². The molecular weight excluding hydrogens is 198 g/mol. The summed E-state index contributed by atoms with van der Waals surface area (Å²) in [6.45, 7) is 2.00. The van der Waals surface area contributed by atoms with Crippen molar-refractivity contribution in [2.75, 3.05) is 6.26 Å². The Hall–Kier alpha value is -0.870. The topological polar surface area (TPSA) is 60.2 Å². The SMILES string of the molecule is CCC(N)c1ccc(S(C)(=O)=O)cc1. The van der Waals surface area contributed by atoms with Crippen LogP contribution in [0, 0.1) is 0 Å². The molecule has 0 saturated heterocycles. The molecule has 78 valence electrons. The van der Waals surface area contributed by atoms with E-state index in [-0.39, 0.29) is 6.04 Å². The fourth-order valence-electron chi connectivity index (χ4n) is 1.20. The Morgan fingerprint density at radius 2 is 1.79 bits per heavy atom. The van der Waals surface area contributed by atoms with E-state index in [2.05, 4.69) is 0 Å². The van der Waals surface area contributed by atoms with Gasteiger partial charge >= 0.3 is 0 Å². The minimum atomic E-state index is -3.09. The van der Waals surface area contributed by atoms with Crippen LogP contribution in [0.5, 0.6) is 0 Å². The fraction of sp³-hybridized carbons (Fsp3) is 0.400. The molecule has 0 amide bonds. The molecule has 0 aliphatic carbocycles. The van der Waals surface area contributed by atoms with Crippen LogP contribution in [0.3, 0.4) is 0 Å². The van der Waals surface area contributed by atoms with E-state index in [1.165, 1.54) is 6.26 Å². The third-order valence-corrected chi connectivity index (χ3v) is 3.30. The average molecular weight is 213 g/mol. The minimum Gasteiger partial charge on any atom is -0.324 e. The van der Waals surface area contributed by atoms with Gasteiger partial charge in [-0.05, 0) is 24.1 Å². The lowest BCUT2D eigenvalue weighted by atomic mass is 10.1. The van der Waals surface area contributed by atoms with E-state index in [4.69, 9.17) is 5.73 Å². The Labute approximate surface area is 84.9 Å². The van der Waals surface area contributed by atoms with Crippen LogP contribution in [-0.2, 0) is 9.84 Å². The zero-order valence-electron chi connectivity index (χ0n) is 8.40. The van der Waals surface area contributed by atoms with Crippen molar-refractivity contribution < 1.29 is 8.42 Å². The predicted octanol–water partition coefficient (Wildman–Crippen LogP) is 1.50. The van der Waals surface area contributed by atoms with Crippen LogP contribution >= 0.6 is 0 Å². The van der Waals surface area contributed by atoms with Crippen molar-refractivity contribution in [3.63, 3.8) is 0 Å². The highest BCUT2D eigenvalue weighted by Crippen LogP contribution is 2.16. The molecule has 0 radical (unpaired) electrons. The van der Waals surface area contributed by atoms with Crippen molar-refractivity contribution in [3.8, 4) is 0 Å². The van der Waals surface area contributed by atoms with E-state index >= 15 is 0 Å². The Bertz CT molecular complexity index is 395. The first-order valence-electron chi connectivity index (χ1n) is 4.50. The molecule has 3 nitrogen and oxygen atoms in total. The first kappa shape index (κ1) is 11.2. The van der Waals surface area contributed by atoms with Gasteiger partial charge in [0.1, 0.15) is 0 Å². The first-order chi connectivity index (χ1) is 6.45. The molecule has 1 aromatic rings. The van der Waals surface area contributed by atoms with Gasteiger partial charge in [0.15, 0.2) is 9.84 Å². The lowest BCUT2D eigenvalue weighted by Gasteiger charge is -2.09. The van der Waals surface area contributed by atoms with E-state index < -0.39 is 9.84 Å². The summed E-state index contributed by atoms with van der Waals surface area (Å²) < 4.78 is 22.3. The molecule has 1 unspecified atom stereocenters. The average Bonchev–Trinajstić information content (AvgIpc) is 2.15. The van der Waals surface area contributed by atoms with Crippen LogP contribution in [0.2, 0.25) is 0 Å². The molecule has 0 aliphatic rings. The lowest BCUT2D eigenvalue weighted by Crippen LogP contribution is -2.08. The van der Waals surface area contributed by atoms with Gasteiger partial charge in [0.25, 0.3) is 0 Å². The summed E-state index contributed by atoms with van der Waals surface area (Å²) in [4.78, 5) is 0.338. The van der Waals surface area contributed by atoms with Crippen LogP contribution in [-0.4, -0.2) is 14.7 Å². The van der Waals surface area contributed by atoms with Gasteiger partial charge in [-0.15, -0.1) is 0 Å². The Morgan fingerprint density at radius 1 is 1.29 bits per heavy atom. The number of hydrogen-bond donors (Lipinski definition) is 1. The molecule has 0 bridgehead atoms. The molecule has 14 heavy (non-hydrogen) atoms. The standard InChI is InChI=1S/C10H15NO2S/c1-3-10(11)8-4-6-9(7-5-8)14(2,12)13/h4-7,10H,3,11H2,1-2H3. The van der Waals surface area contributed by atoms with Crippen LogP contribution in [0.4, 0.5) is 0 Å². The maximum atomic E-state index is 11.2. The van der Waals surface area contributed by atoms with E-state index in [1.54, 1.807) is 24.3 Å². The molecule has 0 spiro atoms. The maximum Gasteiger partial charge on any atom is 0.175 e. The Morgan fingerprint density at radius 3 is 2.14 bits per heavy atom. The first-order valence-corrected chi connectivity index (χ1v) is 6.40. The van der Waals surface area contributed by atoms with E-state index in [1.807, 2.05) is 6.92 Å². The number of hydrogen-bond acceptors (Lipinski definition) is 3. The van der Waals surface area contributed by atoms with Crippen LogP contribution in [0.15, 0.2) is 29.2 Å². The summed E-state index contributed by atoms with van der Waals surface area (Å²) in [5.41, 5.74) is 6.78. The molecule has 0 fully saturated rings. The van der Waals surface area contributed by atoms with Crippen molar-refractivity contribution >= 4 is 9.84 Å². The minimum absolute atomic E-state index is 0.0105. The lowest BCUT2D eigenvalue weighted by molar-refractivity contribution is 0.601. The number of sulfone groups is 1. The van der Waals surface area contributed by atoms with Gasteiger partial charge in [0, 0.05) is 12.3 Å². The van der Waals surface area contributed by atoms with Crippen LogP contribution in [0.1, 0.15) is 24.9 Å². The second-order valence-electron chi connectivity index (χ2n) is 3.36. The molecular formula is C10H15NO2S. The normalized spacial score (nSPS) is 13.9. The van der Waals surface area contributed by atoms with Crippen molar-refractivity contribution in [2.45, 2.75) is 24.3 Å². The van der Waals surface area contributed by atoms with Crippen molar-refractivity contribution in [2.24, 2.45) is 5.73 Å². The van der Waals surface area contributed by atoms with Gasteiger partial charge in [-0.2, -0.15) is 0 Å². The molecule has 4 heteroatoms. The maximum absolute atomic E-state index is 11.2. The Kier molecular flexibility index (Phi) is 3.29. The molecule has 2 N–H and O–H groups in total. The zero-order valence-corrected chi connectivity index (χ0v) is 9.21. The molecule has 1 aromatic carbocycles. The van der Waals surface area contributed by atoms with Crippen LogP contribution < -0.4 is 5.73 Å². The number of nitrogens with two attached hydrogens (primary N) is 1. The third-order valence-electron chi connectivity index (χ3n) is 2.18. The molecule has 1 rings (SSSR count). The summed E-state index contributed by atoms with van der Waals surface area (Å²) in [5.74, 6) is 0. The van der Waals surface area contributed by atoms with E-state index in [0.29, 0.717) is 4.90 Å². The van der Waals surface area contributed by atoms with Gasteiger partial charge in [-0.1, -0.05) is 19.1 Å².